The maximum Gasteiger partial charge on any atom is 0.203 e. The van der Waals surface area contributed by atoms with Crippen molar-refractivity contribution in [3.8, 4) is 0 Å². The number of hydrogen-bond donors (Lipinski definition) is 1. The van der Waals surface area contributed by atoms with Crippen LogP contribution in [0, 0.1) is 0 Å². The molecule has 1 aliphatic heterocycles. The summed E-state index contributed by atoms with van der Waals surface area (Å²) in [7, 11) is 0. The lowest BCUT2D eigenvalue weighted by molar-refractivity contribution is 0.111. The molecule has 4 heteroatoms. The van der Waals surface area contributed by atoms with E-state index in [1.54, 1.807) is 6.20 Å². The number of anilines is 1. The summed E-state index contributed by atoms with van der Waals surface area (Å²) in [6, 6.07) is 0. The number of aromatic nitrogens is 2. The highest BCUT2D eigenvalue weighted by Gasteiger charge is 2.14. The van der Waals surface area contributed by atoms with Crippen LogP contribution >= 0.6 is 0 Å². The Morgan fingerprint density at radius 3 is 2.83 bits per heavy atom. The number of H-pyrrole nitrogens is 1. The molecule has 0 bridgehead atoms. The predicted molar refractivity (Wildman–Crippen MR) is 45.4 cm³/mol. The summed E-state index contributed by atoms with van der Waals surface area (Å²) in [5.74, 6) is 0.828. The Labute approximate surface area is 70.6 Å². The van der Waals surface area contributed by atoms with E-state index in [0.29, 0.717) is 5.69 Å². The van der Waals surface area contributed by atoms with Gasteiger partial charge < -0.3 is 9.88 Å². The normalized spacial score (nSPS) is 16.8. The van der Waals surface area contributed by atoms with Crippen LogP contribution in [0.1, 0.15) is 23.3 Å². The van der Waals surface area contributed by atoms with Crippen LogP contribution < -0.4 is 4.90 Å². The molecular formula is C8H11N3O. The Morgan fingerprint density at radius 2 is 2.25 bits per heavy atom. The van der Waals surface area contributed by atoms with E-state index in [0.717, 1.165) is 25.3 Å². The van der Waals surface area contributed by atoms with E-state index in [9.17, 15) is 4.79 Å². The number of aromatic amines is 1. The van der Waals surface area contributed by atoms with Gasteiger partial charge in [0.1, 0.15) is 0 Å². The largest absolute Gasteiger partial charge is 0.342 e. The van der Waals surface area contributed by atoms with E-state index in [4.69, 9.17) is 0 Å². The molecule has 1 saturated heterocycles. The minimum Gasteiger partial charge on any atom is -0.342 e. The zero-order valence-electron chi connectivity index (χ0n) is 6.79. The molecule has 1 aromatic heterocycles. The lowest BCUT2D eigenvalue weighted by atomic mass is 10.4. The molecule has 2 rings (SSSR count). The second-order valence-corrected chi connectivity index (χ2v) is 2.97. The van der Waals surface area contributed by atoms with E-state index >= 15 is 0 Å². The van der Waals surface area contributed by atoms with Crippen LogP contribution in [0.15, 0.2) is 6.20 Å². The van der Waals surface area contributed by atoms with Crippen molar-refractivity contribution in [2.75, 3.05) is 18.0 Å². The summed E-state index contributed by atoms with van der Waals surface area (Å²) in [5.41, 5.74) is 0.553. The molecule has 0 saturated carbocycles. The van der Waals surface area contributed by atoms with Gasteiger partial charge in [-0.05, 0) is 12.8 Å². The first-order chi connectivity index (χ1) is 5.90. The average molecular weight is 165 g/mol. The molecule has 0 atom stereocenters. The number of carbonyl (C=O) groups is 1. The van der Waals surface area contributed by atoms with Crippen molar-refractivity contribution in [3.05, 3.63) is 11.9 Å². The second kappa shape index (κ2) is 2.97. The third-order valence-corrected chi connectivity index (χ3v) is 2.11. The summed E-state index contributed by atoms with van der Waals surface area (Å²) < 4.78 is 0. The number of hydrogen-bond acceptors (Lipinski definition) is 3. The van der Waals surface area contributed by atoms with Crippen LogP contribution in [0.3, 0.4) is 0 Å². The topological polar surface area (TPSA) is 49.0 Å². The molecule has 1 aliphatic rings. The van der Waals surface area contributed by atoms with E-state index in [-0.39, 0.29) is 0 Å². The third-order valence-electron chi connectivity index (χ3n) is 2.11. The molecule has 1 fully saturated rings. The lowest BCUT2D eigenvalue weighted by Gasteiger charge is -2.12. The first-order valence-electron chi connectivity index (χ1n) is 4.15. The minimum atomic E-state index is 0.553. The Kier molecular flexibility index (Phi) is 1.81. The van der Waals surface area contributed by atoms with Gasteiger partial charge in [-0.3, -0.25) is 4.79 Å². The monoisotopic (exact) mass is 165 g/mol. The fourth-order valence-corrected chi connectivity index (χ4v) is 1.47. The molecule has 12 heavy (non-hydrogen) atoms. The predicted octanol–water partition coefficient (Wildman–Crippen LogP) is 0.822. The zero-order chi connectivity index (χ0) is 8.39. The standard InChI is InChI=1S/C8H11N3O/c12-6-7-5-9-8(10-7)11-3-1-2-4-11/h5-6H,1-4H2,(H,9,10). The molecule has 0 aliphatic carbocycles. The van der Waals surface area contributed by atoms with Gasteiger partial charge in [0, 0.05) is 13.1 Å². The molecule has 2 heterocycles. The number of nitrogens with zero attached hydrogens (tertiary/aromatic N) is 2. The Balaban J connectivity index is 2.16. The Morgan fingerprint density at radius 1 is 1.50 bits per heavy atom. The quantitative estimate of drug-likeness (QED) is 0.660. The summed E-state index contributed by atoms with van der Waals surface area (Å²) in [6.07, 6.45) is 4.79. The van der Waals surface area contributed by atoms with Crippen molar-refractivity contribution < 1.29 is 4.79 Å². The molecule has 4 nitrogen and oxygen atoms in total. The van der Waals surface area contributed by atoms with Crippen molar-refractivity contribution in [3.63, 3.8) is 0 Å². The molecule has 0 radical (unpaired) electrons. The van der Waals surface area contributed by atoms with Crippen molar-refractivity contribution in [1.82, 2.24) is 9.97 Å². The lowest BCUT2D eigenvalue weighted by Crippen LogP contribution is -2.18. The number of carbonyl (C=O) groups excluding carboxylic acids is 1. The summed E-state index contributed by atoms with van der Waals surface area (Å²) >= 11 is 0. The number of nitrogens with one attached hydrogen (secondary N) is 1. The van der Waals surface area contributed by atoms with Crippen molar-refractivity contribution in [2.24, 2.45) is 0 Å². The summed E-state index contributed by atoms with van der Waals surface area (Å²) in [5, 5.41) is 0. The molecule has 0 amide bonds. The fourth-order valence-electron chi connectivity index (χ4n) is 1.47. The molecule has 0 aromatic carbocycles. The molecule has 1 aromatic rings. The van der Waals surface area contributed by atoms with Crippen molar-refractivity contribution in [2.45, 2.75) is 12.8 Å². The minimum absolute atomic E-state index is 0.553. The molecule has 0 spiro atoms. The van der Waals surface area contributed by atoms with Gasteiger partial charge in [0.2, 0.25) is 5.95 Å². The zero-order valence-corrected chi connectivity index (χ0v) is 6.79. The average Bonchev–Trinajstić information content (AvgIpc) is 2.75. The maximum absolute atomic E-state index is 10.3. The van der Waals surface area contributed by atoms with Crippen LogP contribution in [0.5, 0.6) is 0 Å². The smallest absolute Gasteiger partial charge is 0.203 e. The van der Waals surface area contributed by atoms with E-state index in [1.807, 2.05) is 0 Å². The highest BCUT2D eigenvalue weighted by Crippen LogP contribution is 2.15. The van der Waals surface area contributed by atoms with Crippen LogP contribution in [0.25, 0.3) is 0 Å². The van der Waals surface area contributed by atoms with E-state index in [2.05, 4.69) is 14.9 Å². The maximum atomic E-state index is 10.3. The highest BCUT2D eigenvalue weighted by atomic mass is 16.1. The molecule has 64 valence electrons. The van der Waals surface area contributed by atoms with Gasteiger partial charge >= 0.3 is 0 Å². The first kappa shape index (κ1) is 7.34. The Hall–Kier alpha value is -1.32. The first-order valence-corrected chi connectivity index (χ1v) is 4.15. The molecular weight excluding hydrogens is 154 g/mol. The van der Waals surface area contributed by atoms with Crippen LogP contribution in [-0.4, -0.2) is 29.3 Å². The van der Waals surface area contributed by atoms with Gasteiger partial charge in [0.25, 0.3) is 0 Å². The third kappa shape index (κ3) is 1.20. The van der Waals surface area contributed by atoms with Crippen molar-refractivity contribution >= 4 is 12.2 Å². The SMILES string of the molecule is O=Cc1cnc(N2CCCC2)[nH]1. The Bertz CT molecular complexity index is 276. The summed E-state index contributed by atoms with van der Waals surface area (Å²) in [6.45, 7) is 2.09. The molecule has 0 unspecified atom stereocenters. The highest BCUT2D eigenvalue weighted by molar-refractivity contribution is 5.72. The van der Waals surface area contributed by atoms with Gasteiger partial charge in [0.15, 0.2) is 6.29 Å². The number of rotatable bonds is 2. The van der Waals surface area contributed by atoms with Crippen molar-refractivity contribution in [1.29, 1.82) is 0 Å². The number of imidazole rings is 1. The second-order valence-electron chi connectivity index (χ2n) is 2.97. The van der Waals surface area contributed by atoms with Gasteiger partial charge in [-0.1, -0.05) is 0 Å². The van der Waals surface area contributed by atoms with Crippen LogP contribution in [0.2, 0.25) is 0 Å². The van der Waals surface area contributed by atoms with E-state index in [1.165, 1.54) is 12.8 Å². The van der Waals surface area contributed by atoms with Gasteiger partial charge in [0.05, 0.1) is 11.9 Å². The molecule has 1 N–H and O–H groups in total. The van der Waals surface area contributed by atoms with Crippen LogP contribution in [-0.2, 0) is 0 Å². The van der Waals surface area contributed by atoms with Gasteiger partial charge in [-0.25, -0.2) is 4.98 Å². The summed E-state index contributed by atoms with van der Waals surface area (Å²) in [4.78, 5) is 19.6. The van der Waals surface area contributed by atoms with E-state index < -0.39 is 0 Å². The number of aldehydes is 1. The van der Waals surface area contributed by atoms with Gasteiger partial charge in [-0.2, -0.15) is 0 Å². The van der Waals surface area contributed by atoms with Gasteiger partial charge in [-0.15, -0.1) is 0 Å². The van der Waals surface area contributed by atoms with Crippen LogP contribution in [0.4, 0.5) is 5.95 Å². The fraction of sp³-hybridized carbons (Fsp3) is 0.500.